The van der Waals surface area contributed by atoms with Gasteiger partial charge in [-0.2, -0.15) is 0 Å². The van der Waals surface area contributed by atoms with E-state index in [2.05, 4.69) is 0 Å². The zero-order valence-electron chi connectivity index (χ0n) is 11.7. The molecule has 1 aromatic heterocycles. The van der Waals surface area contributed by atoms with E-state index in [1.54, 1.807) is 7.11 Å². The largest absolute Gasteiger partial charge is 0.496 e. The van der Waals surface area contributed by atoms with Gasteiger partial charge >= 0.3 is 5.97 Å². The van der Waals surface area contributed by atoms with Gasteiger partial charge in [-0.15, -0.1) is 0 Å². The Morgan fingerprint density at radius 1 is 1.42 bits per heavy atom. The minimum atomic E-state index is -0.806. The number of aromatic nitrogens is 1. The van der Waals surface area contributed by atoms with Gasteiger partial charge in [0.25, 0.3) is 0 Å². The van der Waals surface area contributed by atoms with Crippen molar-refractivity contribution < 1.29 is 14.6 Å². The molecule has 0 aliphatic carbocycles. The number of carbonyl (C=O) groups is 1. The Morgan fingerprint density at radius 3 is 2.68 bits per heavy atom. The highest BCUT2D eigenvalue weighted by molar-refractivity contribution is 5.83. The van der Waals surface area contributed by atoms with Gasteiger partial charge in [0.2, 0.25) is 0 Å². The molecule has 0 spiro atoms. The van der Waals surface area contributed by atoms with Gasteiger partial charge in [0.1, 0.15) is 5.75 Å². The second-order valence-corrected chi connectivity index (χ2v) is 5.49. The van der Waals surface area contributed by atoms with E-state index in [1.807, 2.05) is 49.9 Å². The number of fused-ring (bicyclic) bond motifs is 1. The first-order valence-electron chi connectivity index (χ1n) is 6.20. The molecule has 0 aliphatic rings. The Kier molecular flexibility index (Phi) is 3.27. The standard InChI is InChI=1S/C15H19NO3/c1-15(2,9-14(17)18)11-8-12-10(5-6-16(12)3)7-13(11)19-4/h5-8H,9H2,1-4H3,(H,17,18). The average molecular weight is 261 g/mol. The van der Waals surface area contributed by atoms with Crippen LogP contribution in [0.1, 0.15) is 25.8 Å². The fourth-order valence-corrected chi connectivity index (χ4v) is 2.47. The summed E-state index contributed by atoms with van der Waals surface area (Å²) in [6.07, 6.45) is 2.05. The van der Waals surface area contributed by atoms with Gasteiger partial charge < -0.3 is 14.4 Å². The molecular formula is C15H19NO3. The summed E-state index contributed by atoms with van der Waals surface area (Å²) in [7, 11) is 3.59. The van der Waals surface area contributed by atoms with Gasteiger partial charge in [-0.05, 0) is 18.2 Å². The number of benzene rings is 1. The molecule has 2 rings (SSSR count). The summed E-state index contributed by atoms with van der Waals surface area (Å²) in [5, 5.41) is 10.1. The fraction of sp³-hybridized carbons (Fsp3) is 0.400. The van der Waals surface area contributed by atoms with Crippen molar-refractivity contribution in [1.29, 1.82) is 0 Å². The van der Waals surface area contributed by atoms with Crippen LogP contribution in [0.15, 0.2) is 24.4 Å². The molecule has 0 bridgehead atoms. The highest BCUT2D eigenvalue weighted by Gasteiger charge is 2.28. The number of aliphatic carboxylic acids is 1. The number of rotatable bonds is 4. The third-order valence-electron chi connectivity index (χ3n) is 3.53. The van der Waals surface area contributed by atoms with Crippen LogP contribution in [-0.2, 0) is 17.3 Å². The van der Waals surface area contributed by atoms with E-state index in [0.717, 1.165) is 22.2 Å². The van der Waals surface area contributed by atoms with Gasteiger partial charge in [-0.3, -0.25) is 4.79 Å². The number of hydrogen-bond donors (Lipinski definition) is 1. The lowest BCUT2D eigenvalue weighted by atomic mass is 9.80. The molecule has 1 N–H and O–H groups in total. The molecule has 0 atom stereocenters. The van der Waals surface area contributed by atoms with E-state index in [-0.39, 0.29) is 6.42 Å². The number of aryl methyl sites for hydroxylation is 1. The van der Waals surface area contributed by atoms with Crippen molar-refractivity contribution in [2.24, 2.45) is 7.05 Å². The maximum atomic E-state index is 11.0. The van der Waals surface area contributed by atoms with Crippen LogP contribution in [0.3, 0.4) is 0 Å². The van der Waals surface area contributed by atoms with Crippen molar-refractivity contribution in [2.45, 2.75) is 25.7 Å². The monoisotopic (exact) mass is 261 g/mol. The molecule has 19 heavy (non-hydrogen) atoms. The van der Waals surface area contributed by atoms with Crippen molar-refractivity contribution >= 4 is 16.9 Å². The predicted molar refractivity (Wildman–Crippen MR) is 74.7 cm³/mol. The smallest absolute Gasteiger partial charge is 0.304 e. The number of carboxylic acids is 1. The van der Waals surface area contributed by atoms with Crippen molar-refractivity contribution in [2.75, 3.05) is 7.11 Å². The van der Waals surface area contributed by atoms with Gasteiger partial charge in [-0.1, -0.05) is 13.8 Å². The molecule has 4 heteroatoms. The zero-order chi connectivity index (χ0) is 14.2. The SMILES string of the molecule is COc1cc2ccn(C)c2cc1C(C)(C)CC(=O)O. The zero-order valence-corrected chi connectivity index (χ0v) is 11.7. The molecular weight excluding hydrogens is 242 g/mol. The van der Waals surface area contributed by atoms with Gasteiger partial charge in [-0.25, -0.2) is 0 Å². The molecule has 0 amide bonds. The summed E-state index contributed by atoms with van der Waals surface area (Å²) in [6.45, 7) is 3.85. The van der Waals surface area contributed by atoms with Crippen LogP contribution in [0.4, 0.5) is 0 Å². The molecule has 0 radical (unpaired) electrons. The Labute approximate surface area is 112 Å². The van der Waals surface area contributed by atoms with Crippen LogP contribution < -0.4 is 4.74 Å². The first-order chi connectivity index (χ1) is 8.85. The number of methoxy groups -OCH3 is 1. The highest BCUT2D eigenvalue weighted by Crippen LogP contribution is 2.37. The van der Waals surface area contributed by atoms with E-state index in [1.165, 1.54) is 0 Å². The molecule has 0 aliphatic heterocycles. The molecule has 0 saturated carbocycles. The van der Waals surface area contributed by atoms with Crippen LogP contribution >= 0.6 is 0 Å². The van der Waals surface area contributed by atoms with E-state index in [4.69, 9.17) is 9.84 Å². The first kappa shape index (κ1) is 13.5. The van der Waals surface area contributed by atoms with Crippen LogP contribution in [0.2, 0.25) is 0 Å². The van der Waals surface area contributed by atoms with Crippen LogP contribution in [-0.4, -0.2) is 22.8 Å². The third-order valence-corrected chi connectivity index (χ3v) is 3.53. The second kappa shape index (κ2) is 4.61. The minimum absolute atomic E-state index is 0.0687. The number of hydrogen-bond acceptors (Lipinski definition) is 2. The Hall–Kier alpha value is -1.97. The maximum Gasteiger partial charge on any atom is 0.304 e. The van der Waals surface area contributed by atoms with Crippen molar-refractivity contribution in [3.8, 4) is 5.75 Å². The number of carboxylic acid groups (broad SMARTS) is 1. The maximum absolute atomic E-state index is 11.0. The normalized spacial score (nSPS) is 11.8. The molecule has 4 nitrogen and oxygen atoms in total. The fourth-order valence-electron chi connectivity index (χ4n) is 2.47. The summed E-state index contributed by atoms with van der Waals surface area (Å²) in [6, 6.07) is 6.01. The Bertz CT molecular complexity index is 626. The summed E-state index contributed by atoms with van der Waals surface area (Å²) >= 11 is 0. The van der Waals surface area contributed by atoms with E-state index in [9.17, 15) is 4.79 Å². The number of nitrogens with zero attached hydrogens (tertiary/aromatic N) is 1. The van der Waals surface area contributed by atoms with Crippen LogP contribution in [0, 0.1) is 0 Å². The summed E-state index contributed by atoms with van der Waals surface area (Å²) in [5.74, 6) is -0.0658. The van der Waals surface area contributed by atoms with Crippen molar-refractivity contribution in [3.05, 3.63) is 30.0 Å². The Morgan fingerprint density at radius 2 is 2.11 bits per heavy atom. The number of ether oxygens (including phenoxy) is 1. The van der Waals surface area contributed by atoms with E-state index >= 15 is 0 Å². The molecule has 0 saturated heterocycles. The predicted octanol–water partition coefficient (Wildman–Crippen LogP) is 2.94. The van der Waals surface area contributed by atoms with Gasteiger partial charge in [0.05, 0.1) is 13.5 Å². The lowest BCUT2D eigenvalue weighted by Crippen LogP contribution is -2.22. The molecule has 0 fully saturated rings. The Balaban J connectivity index is 2.62. The minimum Gasteiger partial charge on any atom is -0.496 e. The lowest BCUT2D eigenvalue weighted by molar-refractivity contribution is -0.138. The summed E-state index contributed by atoms with van der Waals surface area (Å²) < 4.78 is 7.45. The van der Waals surface area contributed by atoms with E-state index in [0.29, 0.717) is 0 Å². The quantitative estimate of drug-likeness (QED) is 0.920. The van der Waals surface area contributed by atoms with Crippen LogP contribution in [0.25, 0.3) is 10.9 Å². The van der Waals surface area contributed by atoms with Crippen LogP contribution in [0.5, 0.6) is 5.75 Å². The lowest BCUT2D eigenvalue weighted by Gasteiger charge is -2.25. The first-order valence-corrected chi connectivity index (χ1v) is 6.20. The topological polar surface area (TPSA) is 51.5 Å². The molecule has 102 valence electrons. The second-order valence-electron chi connectivity index (χ2n) is 5.49. The molecule has 1 heterocycles. The van der Waals surface area contributed by atoms with Crippen molar-refractivity contribution in [3.63, 3.8) is 0 Å². The highest BCUT2D eigenvalue weighted by atomic mass is 16.5. The molecule has 1 aromatic carbocycles. The third kappa shape index (κ3) is 2.43. The summed E-state index contributed by atoms with van der Waals surface area (Å²) in [4.78, 5) is 11.0. The van der Waals surface area contributed by atoms with Crippen molar-refractivity contribution in [1.82, 2.24) is 4.57 Å². The van der Waals surface area contributed by atoms with E-state index < -0.39 is 11.4 Å². The van der Waals surface area contributed by atoms with Gasteiger partial charge in [0, 0.05) is 35.1 Å². The molecule has 2 aromatic rings. The van der Waals surface area contributed by atoms with Gasteiger partial charge in [0.15, 0.2) is 0 Å². The molecule has 0 unspecified atom stereocenters. The average Bonchev–Trinajstić information content (AvgIpc) is 2.67. The summed E-state index contributed by atoms with van der Waals surface area (Å²) in [5.41, 5.74) is 1.52.